The summed E-state index contributed by atoms with van der Waals surface area (Å²) in [6.45, 7) is 0. The number of pyridine rings is 2. The molecule has 0 saturated carbocycles. The monoisotopic (exact) mass is 322 g/mol. The molecule has 96 valence electrons. The van der Waals surface area contributed by atoms with Crippen LogP contribution < -0.4 is 13.1 Å². The second-order valence-electron chi connectivity index (χ2n) is 4.73. The van der Waals surface area contributed by atoms with E-state index in [2.05, 4.69) is 9.97 Å². The molecule has 1 aliphatic heterocycles. The second kappa shape index (κ2) is 4.19. The Bertz CT molecular complexity index is 796. The zero-order valence-electron chi connectivity index (χ0n) is 10.6. The van der Waals surface area contributed by atoms with Crippen molar-refractivity contribution in [3.05, 3.63) is 67.3 Å². The summed E-state index contributed by atoms with van der Waals surface area (Å²) in [5, 5.41) is 0. The van der Waals surface area contributed by atoms with Crippen LogP contribution in [-0.4, -0.2) is 23.5 Å². The number of aromatic nitrogens is 2. The summed E-state index contributed by atoms with van der Waals surface area (Å²) >= 11 is -3.60. The summed E-state index contributed by atoms with van der Waals surface area (Å²) < 4.78 is 16.5. The quantitative estimate of drug-likeness (QED) is 0.488. The van der Waals surface area contributed by atoms with Crippen molar-refractivity contribution in [1.29, 1.82) is 0 Å². The van der Waals surface area contributed by atoms with Gasteiger partial charge in [0.15, 0.2) is 0 Å². The molecule has 0 N–H and O–H groups in total. The van der Waals surface area contributed by atoms with Crippen LogP contribution >= 0.6 is 0 Å². The third kappa shape index (κ3) is 1.41. The molecule has 0 saturated heterocycles. The molecule has 4 heteroatoms. The van der Waals surface area contributed by atoms with Crippen molar-refractivity contribution in [3.8, 4) is 11.1 Å². The van der Waals surface area contributed by atoms with Crippen molar-refractivity contribution in [2.24, 2.45) is 0 Å². The van der Waals surface area contributed by atoms with Crippen LogP contribution in [0.3, 0.4) is 0 Å². The van der Waals surface area contributed by atoms with Crippen LogP contribution in [0.4, 0.5) is 0 Å². The Labute approximate surface area is 119 Å². The van der Waals surface area contributed by atoms with Crippen LogP contribution in [0.2, 0.25) is 0 Å². The molecular weight excluding hydrogens is 311 g/mol. The van der Waals surface area contributed by atoms with E-state index in [0.717, 1.165) is 24.2 Å². The summed E-state index contributed by atoms with van der Waals surface area (Å²) in [6, 6.07) is 13.6. The first-order valence-electron chi connectivity index (χ1n) is 6.37. The average Bonchev–Trinajstić information content (AvgIpc) is 2.80. The van der Waals surface area contributed by atoms with Crippen molar-refractivity contribution >= 4 is 26.5 Å². The minimum atomic E-state index is -3.60. The number of hydrogen-bond acceptors (Lipinski definition) is 3. The zero-order valence-corrected chi connectivity index (χ0v) is 12.5. The molecule has 0 bridgehead atoms. The number of rotatable bonds is 1. The van der Waals surface area contributed by atoms with Crippen molar-refractivity contribution in [1.82, 2.24) is 9.97 Å². The van der Waals surface area contributed by atoms with Gasteiger partial charge in [-0.3, -0.25) is 0 Å². The van der Waals surface area contributed by atoms with Gasteiger partial charge in [-0.1, -0.05) is 0 Å². The first-order valence-corrected chi connectivity index (χ1v) is 9.95. The summed E-state index contributed by atoms with van der Waals surface area (Å²) in [6.07, 6.45) is 7.00. The number of benzene rings is 1. The second-order valence-corrected chi connectivity index (χ2v) is 10.4. The maximum atomic E-state index is 13.8. The first-order chi connectivity index (χ1) is 9.82. The van der Waals surface area contributed by atoms with Gasteiger partial charge >= 0.3 is 119 Å². The Hall–Kier alpha value is -2.12. The fourth-order valence-corrected chi connectivity index (χ4v) is 8.93. The number of hydrogen-bond donors (Lipinski definition) is 0. The van der Waals surface area contributed by atoms with E-state index in [1.165, 1.54) is 0 Å². The number of nitrogens with zero attached hydrogens (tertiary/aromatic N) is 2. The Kier molecular flexibility index (Phi) is 2.45. The molecule has 1 aliphatic rings. The molecule has 4 rings (SSSR count). The standard InChI is InChI=1S/C16H11AsN2O/c20-17(12-4-2-1-3-5-12)15-10-18-8-6-13(15)14-7-9-19-11-16(14)17/h1-11H. The van der Waals surface area contributed by atoms with E-state index in [0.29, 0.717) is 0 Å². The molecule has 2 aromatic heterocycles. The third-order valence-electron chi connectivity index (χ3n) is 3.69. The van der Waals surface area contributed by atoms with Crippen molar-refractivity contribution in [2.45, 2.75) is 0 Å². The summed E-state index contributed by atoms with van der Waals surface area (Å²) in [4.78, 5) is 8.37. The van der Waals surface area contributed by atoms with Crippen LogP contribution in [-0.2, 0) is 3.74 Å². The van der Waals surface area contributed by atoms with Gasteiger partial charge in [0, 0.05) is 0 Å². The molecule has 3 heterocycles. The topological polar surface area (TPSA) is 42.9 Å². The maximum absolute atomic E-state index is 13.8. The van der Waals surface area contributed by atoms with Crippen molar-refractivity contribution in [3.63, 3.8) is 0 Å². The van der Waals surface area contributed by atoms with E-state index in [1.807, 2.05) is 42.5 Å². The average molecular weight is 322 g/mol. The first kappa shape index (κ1) is 11.7. The van der Waals surface area contributed by atoms with E-state index >= 15 is 0 Å². The van der Waals surface area contributed by atoms with Gasteiger partial charge < -0.3 is 0 Å². The van der Waals surface area contributed by atoms with Gasteiger partial charge in [-0.25, -0.2) is 0 Å². The van der Waals surface area contributed by atoms with E-state index < -0.39 is 13.5 Å². The predicted molar refractivity (Wildman–Crippen MR) is 79.3 cm³/mol. The van der Waals surface area contributed by atoms with E-state index in [1.54, 1.807) is 24.8 Å². The molecule has 3 nitrogen and oxygen atoms in total. The Balaban J connectivity index is 2.13. The van der Waals surface area contributed by atoms with Crippen LogP contribution in [0.15, 0.2) is 67.3 Å². The van der Waals surface area contributed by atoms with Crippen molar-refractivity contribution < 1.29 is 3.74 Å². The molecule has 0 aliphatic carbocycles. The van der Waals surface area contributed by atoms with Gasteiger partial charge in [-0.05, 0) is 0 Å². The molecule has 0 radical (unpaired) electrons. The van der Waals surface area contributed by atoms with Crippen LogP contribution in [0.25, 0.3) is 11.1 Å². The normalized spacial score (nSPS) is 14.6. The van der Waals surface area contributed by atoms with Gasteiger partial charge in [0.25, 0.3) is 0 Å². The molecule has 0 amide bonds. The fraction of sp³-hybridized carbons (Fsp3) is 0. The van der Waals surface area contributed by atoms with Gasteiger partial charge in [-0.15, -0.1) is 0 Å². The van der Waals surface area contributed by atoms with Crippen LogP contribution in [0.5, 0.6) is 0 Å². The molecule has 0 spiro atoms. The molecule has 20 heavy (non-hydrogen) atoms. The van der Waals surface area contributed by atoms with E-state index in [-0.39, 0.29) is 0 Å². The van der Waals surface area contributed by atoms with Gasteiger partial charge in [0.05, 0.1) is 0 Å². The SMILES string of the molecule is O=[As]1(c2ccccc2)c2cnccc2-c2ccncc21. The van der Waals surface area contributed by atoms with Gasteiger partial charge in [0.2, 0.25) is 0 Å². The van der Waals surface area contributed by atoms with Crippen LogP contribution in [0, 0.1) is 0 Å². The molecule has 0 atom stereocenters. The summed E-state index contributed by atoms with van der Waals surface area (Å²) in [5.74, 6) is 0. The minimum absolute atomic E-state index is 0.875. The molecule has 3 aromatic rings. The van der Waals surface area contributed by atoms with E-state index in [4.69, 9.17) is 0 Å². The fourth-order valence-electron chi connectivity index (χ4n) is 2.78. The summed E-state index contributed by atoms with van der Waals surface area (Å²) in [7, 11) is 0. The molecule has 0 fully saturated rings. The van der Waals surface area contributed by atoms with Gasteiger partial charge in [-0.2, -0.15) is 0 Å². The Morgan fingerprint density at radius 1 is 0.750 bits per heavy atom. The van der Waals surface area contributed by atoms with Crippen LogP contribution in [0.1, 0.15) is 0 Å². The summed E-state index contributed by atoms with van der Waals surface area (Å²) in [5.41, 5.74) is 2.06. The third-order valence-corrected chi connectivity index (χ3v) is 10.2. The molecular formula is C16H11AsN2O. The predicted octanol–water partition coefficient (Wildman–Crippen LogP) is 0.854. The molecule has 0 unspecified atom stereocenters. The van der Waals surface area contributed by atoms with E-state index in [9.17, 15) is 3.74 Å². The van der Waals surface area contributed by atoms with Crippen molar-refractivity contribution in [2.75, 3.05) is 0 Å². The zero-order chi connectivity index (χ0) is 13.6. The Morgan fingerprint density at radius 3 is 1.85 bits per heavy atom. The van der Waals surface area contributed by atoms with Gasteiger partial charge in [0.1, 0.15) is 0 Å². The molecule has 1 aromatic carbocycles. The number of fused-ring (bicyclic) bond motifs is 3. The Morgan fingerprint density at radius 2 is 1.30 bits per heavy atom.